The van der Waals surface area contributed by atoms with Gasteiger partial charge in [0.25, 0.3) is 5.91 Å². The molecule has 0 saturated carbocycles. The van der Waals surface area contributed by atoms with Crippen LogP contribution in [0.4, 0.5) is 5.95 Å². The van der Waals surface area contributed by atoms with Crippen LogP contribution in [0, 0.1) is 6.92 Å². The highest BCUT2D eigenvalue weighted by molar-refractivity contribution is 6.30. The quantitative estimate of drug-likeness (QED) is 0.443. The van der Waals surface area contributed by atoms with Gasteiger partial charge in [0, 0.05) is 35.6 Å². The van der Waals surface area contributed by atoms with E-state index >= 15 is 0 Å². The number of hydrogen-bond donors (Lipinski definition) is 1. The zero-order valence-corrected chi connectivity index (χ0v) is 18.0. The third-order valence-corrected chi connectivity index (χ3v) is 5.33. The number of halogens is 1. The monoisotopic (exact) mass is 447 g/mol. The van der Waals surface area contributed by atoms with E-state index in [4.69, 9.17) is 11.6 Å². The minimum Gasteiger partial charge on any atom is -0.288 e. The summed E-state index contributed by atoms with van der Waals surface area (Å²) in [7, 11) is 1.87. The summed E-state index contributed by atoms with van der Waals surface area (Å²) in [5.41, 5.74) is 4.42. The lowest BCUT2D eigenvalue weighted by atomic mass is 10.2. The third kappa shape index (κ3) is 3.71. The SMILES string of the molecule is Cc1c(-c2ccnc3cc(C(=O)Nc4ncn(Cc5cccc(Cl)c5)n4)nn23)cnn1C. The number of amides is 1. The zero-order chi connectivity index (χ0) is 22.2. The van der Waals surface area contributed by atoms with E-state index in [-0.39, 0.29) is 11.6 Å². The summed E-state index contributed by atoms with van der Waals surface area (Å²) in [6.07, 6.45) is 4.99. The van der Waals surface area contributed by atoms with E-state index < -0.39 is 5.91 Å². The van der Waals surface area contributed by atoms with Crippen molar-refractivity contribution in [1.29, 1.82) is 0 Å². The normalized spacial score (nSPS) is 11.2. The predicted molar refractivity (Wildman–Crippen MR) is 118 cm³/mol. The van der Waals surface area contributed by atoms with Gasteiger partial charge in [0.2, 0.25) is 5.95 Å². The first kappa shape index (κ1) is 19.9. The molecule has 160 valence electrons. The molecular formula is C21H18ClN9O. The standard InChI is InChI=1S/C21H18ClN9O/c1-13-16(10-25-29(13)2)18-6-7-23-19-9-17(27-31(18)19)20(32)26-21-24-12-30(28-21)11-14-4-3-5-15(22)8-14/h3-10,12H,11H2,1-2H3,(H,26,28,32). The molecule has 4 heterocycles. The molecule has 0 spiro atoms. The highest BCUT2D eigenvalue weighted by Crippen LogP contribution is 2.23. The van der Waals surface area contributed by atoms with Crippen LogP contribution in [0.2, 0.25) is 5.02 Å². The molecule has 0 radical (unpaired) electrons. The largest absolute Gasteiger partial charge is 0.288 e. The summed E-state index contributed by atoms with van der Waals surface area (Å²) in [4.78, 5) is 21.3. The van der Waals surface area contributed by atoms with Crippen molar-refractivity contribution in [3.05, 3.63) is 77.1 Å². The number of nitrogens with zero attached hydrogens (tertiary/aromatic N) is 8. The number of rotatable bonds is 5. The molecule has 0 unspecified atom stereocenters. The van der Waals surface area contributed by atoms with Gasteiger partial charge in [-0.1, -0.05) is 23.7 Å². The van der Waals surface area contributed by atoms with E-state index in [0.29, 0.717) is 17.2 Å². The molecule has 4 aromatic heterocycles. The molecule has 0 aliphatic carbocycles. The summed E-state index contributed by atoms with van der Waals surface area (Å²) in [6.45, 7) is 2.45. The summed E-state index contributed by atoms with van der Waals surface area (Å²) >= 11 is 6.03. The van der Waals surface area contributed by atoms with Gasteiger partial charge in [-0.25, -0.2) is 19.2 Å². The van der Waals surface area contributed by atoms with Crippen molar-refractivity contribution >= 4 is 29.1 Å². The smallest absolute Gasteiger partial charge is 0.278 e. The molecule has 0 atom stereocenters. The molecule has 11 heteroatoms. The van der Waals surface area contributed by atoms with Crippen LogP contribution in [0.15, 0.2) is 55.1 Å². The number of hydrogen-bond acceptors (Lipinski definition) is 6. The van der Waals surface area contributed by atoms with E-state index in [2.05, 4.69) is 30.6 Å². The first-order valence-corrected chi connectivity index (χ1v) is 10.1. The van der Waals surface area contributed by atoms with Crippen molar-refractivity contribution in [2.75, 3.05) is 5.32 Å². The second kappa shape index (κ2) is 7.89. The Morgan fingerprint density at radius 3 is 2.81 bits per heavy atom. The van der Waals surface area contributed by atoms with Crippen molar-refractivity contribution in [3.63, 3.8) is 0 Å². The Labute approximate surface area is 187 Å². The molecular weight excluding hydrogens is 430 g/mol. The van der Waals surface area contributed by atoms with E-state index in [9.17, 15) is 4.79 Å². The number of benzene rings is 1. The van der Waals surface area contributed by atoms with Crippen molar-refractivity contribution in [2.45, 2.75) is 13.5 Å². The molecule has 0 fully saturated rings. The lowest BCUT2D eigenvalue weighted by molar-refractivity contribution is 0.102. The fraction of sp³-hybridized carbons (Fsp3) is 0.143. The van der Waals surface area contributed by atoms with E-state index in [1.807, 2.05) is 44.3 Å². The van der Waals surface area contributed by atoms with Crippen molar-refractivity contribution in [1.82, 2.24) is 39.1 Å². The number of aryl methyl sites for hydroxylation is 1. The molecule has 0 saturated heterocycles. The molecule has 32 heavy (non-hydrogen) atoms. The second-order valence-electron chi connectivity index (χ2n) is 7.25. The van der Waals surface area contributed by atoms with Gasteiger partial charge in [-0.05, 0) is 30.7 Å². The Hall–Kier alpha value is -4.05. The molecule has 10 nitrogen and oxygen atoms in total. The minimum atomic E-state index is -0.426. The van der Waals surface area contributed by atoms with Crippen LogP contribution in [0.1, 0.15) is 21.7 Å². The highest BCUT2D eigenvalue weighted by Gasteiger charge is 2.17. The van der Waals surface area contributed by atoms with Crippen LogP contribution < -0.4 is 5.32 Å². The van der Waals surface area contributed by atoms with Crippen LogP contribution in [0.5, 0.6) is 0 Å². The molecule has 5 rings (SSSR count). The number of carbonyl (C=O) groups is 1. The van der Waals surface area contributed by atoms with Crippen LogP contribution in [0.3, 0.4) is 0 Å². The van der Waals surface area contributed by atoms with Crippen LogP contribution in [-0.2, 0) is 13.6 Å². The molecule has 1 aromatic carbocycles. The van der Waals surface area contributed by atoms with Crippen LogP contribution >= 0.6 is 11.6 Å². The molecule has 1 amide bonds. The third-order valence-electron chi connectivity index (χ3n) is 5.10. The fourth-order valence-electron chi connectivity index (χ4n) is 3.38. The predicted octanol–water partition coefficient (Wildman–Crippen LogP) is 2.98. The Morgan fingerprint density at radius 1 is 1.16 bits per heavy atom. The van der Waals surface area contributed by atoms with Crippen LogP contribution in [-0.4, -0.2) is 45.1 Å². The summed E-state index contributed by atoms with van der Waals surface area (Å²) < 4.78 is 5.03. The summed E-state index contributed by atoms with van der Waals surface area (Å²) in [5.74, 6) is -0.241. The number of anilines is 1. The second-order valence-corrected chi connectivity index (χ2v) is 7.68. The number of fused-ring (bicyclic) bond motifs is 1. The van der Waals surface area contributed by atoms with Gasteiger partial charge in [0.05, 0.1) is 18.4 Å². The summed E-state index contributed by atoms with van der Waals surface area (Å²) in [6, 6.07) is 10.9. The Bertz CT molecular complexity index is 1450. The van der Waals surface area contributed by atoms with Gasteiger partial charge in [-0.2, -0.15) is 10.2 Å². The number of nitrogens with one attached hydrogen (secondary N) is 1. The first-order chi connectivity index (χ1) is 15.5. The molecule has 5 aromatic rings. The average molecular weight is 448 g/mol. The number of carbonyl (C=O) groups excluding carboxylic acids is 1. The molecule has 1 N–H and O–H groups in total. The average Bonchev–Trinajstić information content (AvgIpc) is 3.48. The zero-order valence-electron chi connectivity index (χ0n) is 17.3. The lowest BCUT2D eigenvalue weighted by Crippen LogP contribution is -2.14. The Morgan fingerprint density at radius 2 is 2.03 bits per heavy atom. The van der Waals surface area contributed by atoms with E-state index in [1.165, 1.54) is 0 Å². The summed E-state index contributed by atoms with van der Waals surface area (Å²) in [5, 5.41) is 16.4. The highest BCUT2D eigenvalue weighted by atomic mass is 35.5. The van der Waals surface area contributed by atoms with Crippen LogP contribution in [0.25, 0.3) is 16.9 Å². The van der Waals surface area contributed by atoms with Crippen molar-refractivity contribution in [2.24, 2.45) is 7.05 Å². The maximum Gasteiger partial charge on any atom is 0.278 e. The first-order valence-electron chi connectivity index (χ1n) is 9.77. The van der Waals surface area contributed by atoms with Gasteiger partial charge in [0.15, 0.2) is 11.3 Å². The van der Waals surface area contributed by atoms with E-state index in [0.717, 1.165) is 22.5 Å². The van der Waals surface area contributed by atoms with Gasteiger partial charge >= 0.3 is 0 Å². The maximum absolute atomic E-state index is 12.8. The molecule has 0 bridgehead atoms. The van der Waals surface area contributed by atoms with Gasteiger partial charge in [0.1, 0.15) is 6.33 Å². The fourth-order valence-corrected chi connectivity index (χ4v) is 3.59. The lowest BCUT2D eigenvalue weighted by Gasteiger charge is -2.03. The van der Waals surface area contributed by atoms with Crippen molar-refractivity contribution in [3.8, 4) is 11.3 Å². The minimum absolute atomic E-state index is 0.186. The van der Waals surface area contributed by atoms with Gasteiger partial charge < -0.3 is 0 Å². The van der Waals surface area contributed by atoms with Crippen molar-refractivity contribution < 1.29 is 4.79 Å². The topological polar surface area (TPSA) is 108 Å². The maximum atomic E-state index is 12.8. The Balaban J connectivity index is 1.37. The van der Waals surface area contributed by atoms with E-state index in [1.54, 1.807) is 38.7 Å². The van der Waals surface area contributed by atoms with Gasteiger partial charge in [-0.15, -0.1) is 5.10 Å². The van der Waals surface area contributed by atoms with Gasteiger partial charge in [-0.3, -0.25) is 14.8 Å². The number of aromatic nitrogens is 8. The Kier molecular flexibility index (Phi) is 4.91. The molecule has 0 aliphatic rings. The molecule has 0 aliphatic heterocycles.